The minimum atomic E-state index is -4.91. The van der Waals surface area contributed by atoms with Crippen LogP contribution in [0.3, 0.4) is 0 Å². The second-order valence-electron chi connectivity index (χ2n) is 4.36. The fourth-order valence-electron chi connectivity index (χ4n) is 1.11. The third-order valence-corrected chi connectivity index (χ3v) is 1.68. The minimum absolute atomic E-state index is 0. The quantitative estimate of drug-likeness (QED) is 0.673. The van der Waals surface area contributed by atoms with E-state index >= 15 is 0 Å². The third-order valence-electron chi connectivity index (χ3n) is 1.68. The van der Waals surface area contributed by atoms with Gasteiger partial charge in [0.2, 0.25) is 0 Å². The van der Waals surface area contributed by atoms with Gasteiger partial charge in [0.05, 0.1) is 0 Å². The zero-order valence-corrected chi connectivity index (χ0v) is 13.1. The van der Waals surface area contributed by atoms with Crippen LogP contribution < -0.4 is 61.6 Å². The van der Waals surface area contributed by atoms with Crippen LogP contribution in [0.2, 0.25) is 0 Å². The molecule has 1 nitrogen and oxygen atoms in total. The zero-order valence-electron chi connectivity index (χ0n) is 9.93. The summed E-state index contributed by atoms with van der Waals surface area (Å²) in [5, 5.41) is 0. The van der Waals surface area contributed by atoms with Crippen LogP contribution >= 0.6 is 0 Å². The number of ether oxygens (including phenoxy) is 1. The van der Waals surface area contributed by atoms with Crippen molar-refractivity contribution in [2.45, 2.75) is 26.4 Å². The molecule has 0 bridgehead atoms. The first-order valence-electron chi connectivity index (χ1n) is 4.67. The summed E-state index contributed by atoms with van der Waals surface area (Å²) >= 11 is 0. The fourth-order valence-corrected chi connectivity index (χ4v) is 1.11. The summed E-state index contributed by atoms with van der Waals surface area (Å²) in [4.78, 5) is 0. The van der Waals surface area contributed by atoms with Gasteiger partial charge in [-0.1, -0.05) is 12.1 Å². The maximum absolute atomic E-state index is 12.3. The summed E-state index contributed by atoms with van der Waals surface area (Å²) in [6, 6.07) is 4.77. The van der Waals surface area contributed by atoms with Crippen LogP contribution in [0, 0.1) is 0 Å². The maximum Gasteiger partial charge on any atom is 1.00 e. The summed E-state index contributed by atoms with van der Waals surface area (Å²) in [5.41, 5.74) is -0.999. The molecule has 0 amide bonds. The first-order chi connectivity index (χ1) is 6.68. The predicted molar refractivity (Wildman–Crippen MR) is 55.5 cm³/mol. The molecule has 1 aromatic rings. The Bertz CT molecular complexity index is 329. The molecular formula is C10H13BF3KO. The van der Waals surface area contributed by atoms with E-state index in [1.54, 1.807) is 0 Å². The molecule has 0 aliphatic carbocycles. The monoisotopic (exact) mass is 256 g/mol. The van der Waals surface area contributed by atoms with Crippen molar-refractivity contribution in [3.63, 3.8) is 0 Å². The molecule has 0 saturated carbocycles. The van der Waals surface area contributed by atoms with E-state index < -0.39 is 18.0 Å². The number of benzene rings is 1. The van der Waals surface area contributed by atoms with Crippen LogP contribution in [0.5, 0.6) is 5.75 Å². The number of hydrogen-bond donors (Lipinski definition) is 0. The van der Waals surface area contributed by atoms with Crippen molar-refractivity contribution < 1.29 is 69.1 Å². The first kappa shape index (κ1) is 16.5. The Morgan fingerprint density at radius 2 is 1.44 bits per heavy atom. The van der Waals surface area contributed by atoms with Gasteiger partial charge in [-0.2, -0.15) is 0 Å². The summed E-state index contributed by atoms with van der Waals surface area (Å²) in [5.74, 6) is 0.450. The van der Waals surface area contributed by atoms with Crippen LogP contribution in [0.15, 0.2) is 24.3 Å². The van der Waals surface area contributed by atoms with E-state index in [1.807, 2.05) is 20.8 Å². The Balaban J connectivity index is 0.00000225. The summed E-state index contributed by atoms with van der Waals surface area (Å²) in [6.07, 6.45) is 0. The molecule has 0 N–H and O–H groups in total. The van der Waals surface area contributed by atoms with E-state index in [9.17, 15) is 12.9 Å². The molecule has 0 unspecified atom stereocenters. The largest absolute Gasteiger partial charge is 1.00 e. The van der Waals surface area contributed by atoms with Crippen molar-refractivity contribution in [3.05, 3.63) is 24.3 Å². The maximum atomic E-state index is 12.3. The molecular weight excluding hydrogens is 243 g/mol. The molecule has 0 fully saturated rings. The van der Waals surface area contributed by atoms with Crippen molar-refractivity contribution in [3.8, 4) is 5.75 Å². The van der Waals surface area contributed by atoms with Gasteiger partial charge >= 0.3 is 58.4 Å². The van der Waals surface area contributed by atoms with Gasteiger partial charge < -0.3 is 17.7 Å². The minimum Gasteiger partial charge on any atom is -0.488 e. The van der Waals surface area contributed by atoms with Gasteiger partial charge in [0.25, 0.3) is 0 Å². The van der Waals surface area contributed by atoms with E-state index in [2.05, 4.69) is 0 Å². The molecule has 1 rings (SSSR count). The molecule has 0 aliphatic rings. The molecule has 16 heavy (non-hydrogen) atoms. The van der Waals surface area contributed by atoms with Crippen molar-refractivity contribution >= 4 is 12.4 Å². The Labute approximate surface area is 136 Å². The molecule has 0 heterocycles. The van der Waals surface area contributed by atoms with Crippen LogP contribution in [-0.4, -0.2) is 12.6 Å². The summed E-state index contributed by atoms with van der Waals surface area (Å²) < 4.78 is 42.2. The average molecular weight is 256 g/mol. The molecule has 6 heteroatoms. The van der Waals surface area contributed by atoms with Crippen LogP contribution in [-0.2, 0) is 0 Å². The molecule has 0 atom stereocenters. The van der Waals surface area contributed by atoms with Crippen LogP contribution in [0.1, 0.15) is 20.8 Å². The number of halogens is 3. The fraction of sp³-hybridized carbons (Fsp3) is 0.400. The van der Waals surface area contributed by atoms with Gasteiger partial charge in [-0.3, -0.25) is 0 Å². The Kier molecular flexibility index (Phi) is 6.10. The molecule has 0 saturated heterocycles. The van der Waals surface area contributed by atoms with E-state index in [1.165, 1.54) is 12.1 Å². The standard InChI is InChI=1S/C10H13BF3O.K/c1-10(2,3)15-9-6-4-8(5-7-9)11(12,13)14;/h4-7H,1-3H3;/q-1;+1. The van der Waals surface area contributed by atoms with Crippen LogP contribution in [0.25, 0.3) is 0 Å². The van der Waals surface area contributed by atoms with Gasteiger partial charge in [-0.25, -0.2) is 0 Å². The average Bonchev–Trinajstić information content (AvgIpc) is 2.00. The van der Waals surface area contributed by atoms with Crippen molar-refractivity contribution in [2.24, 2.45) is 0 Å². The predicted octanol–water partition coefficient (Wildman–Crippen LogP) is -0.0777. The van der Waals surface area contributed by atoms with Gasteiger partial charge in [0.15, 0.2) is 0 Å². The van der Waals surface area contributed by atoms with E-state index in [4.69, 9.17) is 4.74 Å². The number of hydrogen-bond acceptors (Lipinski definition) is 1. The molecule has 1 aromatic carbocycles. The summed E-state index contributed by atoms with van der Waals surface area (Å²) in [7, 11) is 0. The van der Waals surface area contributed by atoms with Crippen molar-refractivity contribution in [2.75, 3.05) is 0 Å². The SMILES string of the molecule is CC(C)(C)Oc1ccc([B-](F)(F)F)cc1.[K+]. The van der Waals surface area contributed by atoms with Gasteiger partial charge in [-0.15, -0.1) is 5.46 Å². The normalized spacial score (nSPS) is 11.9. The molecule has 0 aromatic heterocycles. The van der Waals surface area contributed by atoms with E-state index in [0.717, 1.165) is 12.1 Å². The Hall–Kier alpha value is 0.511. The smallest absolute Gasteiger partial charge is 0.488 e. The van der Waals surface area contributed by atoms with Crippen molar-refractivity contribution in [1.82, 2.24) is 0 Å². The third kappa shape index (κ3) is 5.72. The Morgan fingerprint density at radius 3 is 1.75 bits per heavy atom. The van der Waals surface area contributed by atoms with Gasteiger partial charge in [-0.05, 0) is 32.9 Å². The second-order valence-corrected chi connectivity index (χ2v) is 4.36. The van der Waals surface area contributed by atoms with E-state index in [-0.39, 0.29) is 51.4 Å². The van der Waals surface area contributed by atoms with Gasteiger partial charge in [0.1, 0.15) is 11.4 Å². The first-order valence-corrected chi connectivity index (χ1v) is 4.67. The molecule has 0 radical (unpaired) electrons. The Morgan fingerprint density at radius 1 is 1.00 bits per heavy atom. The van der Waals surface area contributed by atoms with Crippen molar-refractivity contribution in [1.29, 1.82) is 0 Å². The van der Waals surface area contributed by atoms with Gasteiger partial charge in [0, 0.05) is 0 Å². The molecule has 84 valence electrons. The van der Waals surface area contributed by atoms with E-state index in [0.29, 0.717) is 5.75 Å². The second kappa shape index (κ2) is 5.91. The molecule has 0 spiro atoms. The number of rotatable bonds is 2. The zero-order chi connectivity index (χ0) is 11.7. The summed E-state index contributed by atoms with van der Waals surface area (Å²) in [6.45, 7) is 0.614. The topological polar surface area (TPSA) is 9.23 Å². The van der Waals surface area contributed by atoms with Crippen LogP contribution in [0.4, 0.5) is 12.9 Å². The molecule has 0 aliphatic heterocycles.